The van der Waals surface area contributed by atoms with Crippen LogP contribution in [0.15, 0.2) is 53.4 Å². The first-order valence-corrected chi connectivity index (χ1v) is 13.0. The molecule has 0 spiro atoms. The Hall–Kier alpha value is -2.29. The molecule has 0 unspecified atom stereocenters. The fourth-order valence-corrected chi connectivity index (χ4v) is 5.49. The molecule has 0 aromatic heterocycles. The summed E-state index contributed by atoms with van der Waals surface area (Å²) in [6.45, 7) is 0.971. The highest BCUT2D eigenvalue weighted by molar-refractivity contribution is 7.89. The number of rotatable bonds is 10. The van der Waals surface area contributed by atoms with Crippen molar-refractivity contribution < 1.29 is 17.6 Å². The largest absolute Gasteiger partial charge is 0.326 e. The number of benzene rings is 2. The lowest BCUT2D eigenvalue weighted by Gasteiger charge is -2.31. The third kappa shape index (κ3) is 7.09. The summed E-state index contributed by atoms with van der Waals surface area (Å²) in [5.41, 5.74) is 1.88. The molecule has 33 heavy (non-hydrogen) atoms. The van der Waals surface area contributed by atoms with Gasteiger partial charge in [-0.3, -0.25) is 9.69 Å². The number of nitrogens with zero attached hydrogens (tertiary/aromatic N) is 2. The van der Waals surface area contributed by atoms with Gasteiger partial charge in [0, 0.05) is 38.3 Å². The minimum absolute atomic E-state index is 0.0341. The highest BCUT2D eigenvalue weighted by Gasteiger charge is 2.21. The van der Waals surface area contributed by atoms with Crippen molar-refractivity contribution in [2.24, 2.45) is 0 Å². The van der Waals surface area contributed by atoms with Crippen molar-refractivity contribution in [1.82, 2.24) is 9.21 Å². The van der Waals surface area contributed by atoms with E-state index in [1.165, 1.54) is 55.6 Å². The Kier molecular flexibility index (Phi) is 9.00. The zero-order valence-corrected chi connectivity index (χ0v) is 20.3. The van der Waals surface area contributed by atoms with Gasteiger partial charge in [-0.25, -0.2) is 17.1 Å². The summed E-state index contributed by atoms with van der Waals surface area (Å²) >= 11 is 0. The van der Waals surface area contributed by atoms with Gasteiger partial charge in [-0.05, 0) is 62.2 Å². The number of hydrogen-bond donors (Lipinski definition) is 1. The molecule has 6 nitrogen and oxygen atoms in total. The van der Waals surface area contributed by atoms with E-state index in [1.54, 1.807) is 0 Å². The van der Waals surface area contributed by atoms with Gasteiger partial charge in [0.2, 0.25) is 15.9 Å². The Morgan fingerprint density at radius 1 is 1.03 bits per heavy atom. The maximum Gasteiger partial charge on any atom is 0.242 e. The Morgan fingerprint density at radius 3 is 2.39 bits per heavy atom. The van der Waals surface area contributed by atoms with Gasteiger partial charge in [0.1, 0.15) is 5.82 Å². The summed E-state index contributed by atoms with van der Waals surface area (Å²) in [4.78, 5) is 15.0. The summed E-state index contributed by atoms with van der Waals surface area (Å²) in [5.74, 6) is -0.631. The third-order valence-electron chi connectivity index (χ3n) is 6.31. The van der Waals surface area contributed by atoms with E-state index in [2.05, 4.69) is 17.3 Å². The molecule has 0 bridgehead atoms. The molecule has 0 heterocycles. The molecular weight excluding hydrogens is 441 g/mol. The van der Waals surface area contributed by atoms with Crippen molar-refractivity contribution in [3.8, 4) is 0 Å². The van der Waals surface area contributed by atoms with E-state index in [-0.39, 0.29) is 23.8 Å². The fourth-order valence-electron chi connectivity index (χ4n) is 4.28. The molecule has 0 radical (unpaired) electrons. The van der Waals surface area contributed by atoms with Crippen molar-refractivity contribution in [3.63, 3.8) is 0 Å². The maximum atomic E-state index is 13.1. The van der Waals surface area contributed by atoms with Crippen LogP contribution in [-0.2, 0) is 21.4 Å². The molecule has 180 valence electrons. The number of carbonyl (C=O) groups is 1. The normalized spacial score (nSPS) is 15.2. The minimum atomic E-state index is -3.71. The van der Waals surface area contributed by atoms with Crippen LogP contribution in [0.3, 0.4) is 0 Å². The van der Waals surface area contributed by atoms with Gasteiger partial charge >= 0.3 is 0 Å². The predicted octanol–water partition coefficient (Wildman–Crippen LogP) is 4.63. The van der Waals surface area contributed by atoms with Crippen molar-refractivity contribution in [3.05, 3.63) is 59.9 Å². The SMILES string of the molecule is CN(Cc1ccccc1NC(=O)CCCN(C)S(=O)(=O)c1ccc(F)cc1)C1CCCCC1. The molecule has 3 rings (SSSR count). The van der Waals surface area contributed by atoms with Gasteiger partial charge < -0.3 is 5.32 Å². The van der Waals surface area contributed by atoms with E-state index >= 15 is 0 Å². The molecule has 1 amide bonds. The summed E-state index contributed by atoms with van der Waals surface area (Å²) in [6.07, 6.45) is 6.90. The van der Waals surface area contributed by atoms with Crippen LogP contribution in [0.5, 0.6) is 0 Å². The van der Waals surface area contributed by atoms with Gasteiger partial charge in [0.15, 0.2) is 0 Å². The van der Waals surface area contributed by atoms with Crippen LogP contribution in [-0.4, -0.2) is 50.2 Å². The Morgan fingerprint density at radius 2 is 1.70 bits per heavy atom. The highest BCUT2D eigenvalue weighted by atomic mass is 32.2. The fraction of sp³-hybridized carbons (Fsp3) is 0.480. The molecule has 1 saturated carbocycles. The molecule has 1 aliphatic rings. The van der Waals surface area contributed by atoms with Gasteiger partial charge in [-0.1, -0.05) is 37.5 Å². The van der Waals surface area contributed by atoms with E-state index in [1.807, 2.05) is 24.3 Å². The van der Waals surface area contributed by atoms with Crippen molar-refractivity contribution in [2.75, 3.05) is 26.0 Å². The summed E-state index contributed by atoms with van der Waals surface area (Å²) in [5, 5.41) is 2.99. The Labute approximate surface area is 196 Å². The van der Waals surface area contributed by atoms with E-state index < -0.39 is 15.8 Å². The van der Waals surface area contributed by atoms with Gasteiger partial charge in [-0.15, -0.1) is 0 Å². The van der Waals surface area contributed by atoms with Crippen LogP contribution in [0.4, 0.5) is 10.1 Å². The molecule has 2 aromatic carbocycles. The zero-order chi connectivity index (χ0) is 23.8. The lowest BCUT2D eigenvalue weighted by Crippen LogP contribution is -2.33. The molecule has 0 saturated heterocycles. The second-order valence-electron chi connectivity index (χ2n) is 8.80. The summed E-state index contributed by atoms with van der Waals surface area (Å²) in [7, 11) is -0.104. The zero-order valence-electron chi connectivity index (χ0n) is 19.5. The number of halogens is 1. The molecular formula is C25H34FN3O3S. The van der Waals surface area contributed by atoms with Crippen molar-refractivity contribution >= 4 is 21.6 Å². The minimum Gasteiger partial charge on any atom is -0.326 e. The number of amides is 1. The molecule has 1 fully saturated rings. The van der Waals surface area contributed by atoms with Crippen molar-refractivity contribution in [2.45, 2.75) is 62.4 Å². The monoisotopic (exact) mass is 475 g/mol. The first-order valence-electron chi connectivity index (χ1n) is 11.6. The molecule has 1 aliphatic carbocycles. The first kappa shape index (κ1) is 25.3. The number of para-hydroxylation sites is 1. The molecule has 0 atom stereocenters. The molecule has 1 N–H and O–H groups in total. The van der Waals surface area contributed by atoms with E-state index in [0.29, 0.717) is 12.5 Å². The molecule has 8 heteroatoms. The Bertz CT molecular complexity index is 1020. The van der Waals surface area contributed by atoms with Gasteiger partial charge in [0.25, 0.3) is 0 Å². The van der Waals surface area contributed by atoms with E-state index in [0.717, 1.165) is 29.9 Å². The van der Waals surface area contributed by atoms with Crippen molar-refractivity contribution in [1.29, 1.82) is 0 Å². The number of sulfonamides is 1. The average molecular weight is 476 g/mol. The van der Waals surface area contributed by atoms with Crippen LogP contribution >= 0.6 is 0 Å². The summed E-state index contributed by atoms with van der Waals surface area (Å²) in [6, 6.07) is 13.2. The molecule has 2 aromatic rings. The maximum absolute atomic E-state index is 13.1. The highest BCUT2D eigenvalue weighted by Crippen LogP contribution is 2.25. The second kappa shape index (κ2) is 11.7. The van der Waals surface area contributed by atoms with Gasteiger partial charge in [-0.2, -0.15) is 0 Å². The lowest BCUT2D eigenvalue weighted by atomic mass is 9.94. The second-order valence-corrected chi connectivity index (χ2v) is 10.8. The van der Waals surface area contributed by atoms with E-state index in [9.17, 15) is 17.6 Å². The number of hydrogen-bond acceptors (Lipinski definition) is 4. The first-order chi connectivity index (χ1) is 15.8. The average Bonchev–Trinajstić information content (AvgIpc) is 2.81. The topological polar surface area (TPSA) is 69.7 Å². The smallest absolute Gasteiger partial charge is 0.242 e. The van der Waals surface area contributed by atoms with Crippen LogP contribution < -0.4 is 5.32 Å². The predicted molar refractivity (Wildman–Crippen MR) is 129 cm³/mol. The van der Waals surface area contributed by atoms with Crippen LogP contribution in [0, 0.1) is 5.82 Å². The number of anilines is 1. The Balaban J connectivity index is 1.51. The van der Waals surface area contributed by atoms with Crippen LogP contribution in [0.25, 0.3) is 0 Å². The number of carbonyl (C=O) groups excluding carboxylic acids is 1. The van der Waals surface area contributed by atoms with Gasteiger partial charge in [0.05, 0.1) is 4.90 Å². The molecule has 0 aliphatic heterocycles. The van der Waals surface area contributed by atoms with Crippen LogP contribution in [0.2, 0.25) is 0 Å². The van der Waals surface area contributed by atoms with E-state index in [4.69, 9.17) is 0 Å². The standard InChI is InChI=1S/C25H34FN3O3S/c1-28(22-10-4-3-5-11-22)19-20-9-6-7-12-24(20)27-25(30)13-8-18-29(2)33(31,32)23-16-14-21(26)15-17-23/h6-7,9,12,14-17,22H,3-5,8,10-11,13,18-19H2,1-2H3,(H,27,30). The third-order valence-corrected chi connectivity index (χ3v) is 8.18. The number of nitrogens with one attached hydrogen (secondary N) is 1. The van der Waals surface area contributed by atoms with Crippen LogP contribution in [0.1, 0.15) is 50.5 Å². The summed E-state index contributed by atoms with van der Waals surface area (Å²) < 4.78 is 39.5. The quantitative estimate of drug-likeness (QED) is 0.544. The lowest BCUT2D eigenvalue weighted by molar-refractivity contribution is -0.116.